The Balaban J connectivity index is 1.40. The first-order chi connectivity index (χ1) is 12.5. The zero-order valence-electron chi connectivity index (χ0n) is 15.0. The minimum Gasteiger partial charge on any atom is -0.388 e. The van der Waals surface area contributed by atoms with E-state index in [4.69, 9.17) is 4.52 Å². The Kier molecular flexibility index (Phi) is 4.40. The van der Waals surface area contributed by atoms with Crippen molar-refractivity contribution in [2.45, 2.75) is 38.2 Å². The second-order valence-electron chi connectivity index (χ2n) is 7.36. The van der Waals surface area contributed by atoms with Crippen molar-refractivity contribution in [3.05, 3.63) is 41.5 Å². The van der Waals surface area contributed by atoms with Crippen LogP contribution in [0.25, 0.3) is 0 Å². The maximum absolute atomic E-state index is 12.8. The fourth-order valence-electron chi connectivity index (χ4n) is 4.00. The van der Waals surface area contributed by atoms with Crippen molar-refractivity contribution in [2.24, 2.45) is 0 Å². The summed E-state index contributed by atoms with van der Waals surface area (Å²) >= 11 is 0. The molecule has 26 heavy (non-hydrogen) atoms. The zero-order valence-corrected chi connectivity index (χ0v) is 15.0. The van der Waals surface area contributed by atoms with Crippen LogP contribution in [0.1, 0.15) is 30.1 Å². The molecule has 1 saturated heterocycles. The number of likely N-dealkylation sites (tertiary alicyclic amines) is 1. The van der Waals surface area contributed by atoms with E-state index in [1.807, 2.05) is 12.1 Å². The number of para-hydroxylation sites is 1. The molecule has 1 aromatic heterocycles. The van der Waals surface area contributed by atoms with Gasteiger partial charge in [0.2, 0.25) is 11.8 Å². The average molecular weight is 356 g/mol. The van der Waals surface area contributed by atoms with Crippen LogP contribution >= 0.6 is 0 Å². The van der Waals surface area contributed by atoms with Crippen LogP contribution in [0.4, 0.5) is 5.69 Å². The van der Waals surface area contributed by atoms with Crippen LogP contribution < -0.4 is 4.90 Å². The SMILES string of the molecule is Cc1noc(CC2(O)CCCN(C(=O)CN3CCc4ccccc43)C2)n1. The third-order valence-electron chi connectivity index (χ3n) is 5.27. The molecule has 1 unspecified atom stereocenters. The van der Waals surface area contributed by atoms with Gasteiger partial charge in [-0.05, 0) is 37.8 Å². The van der Waals surface area contributed by atoms with E-state index in [0.717, 1.165) is 25.1 Å². The van der Waals surface area contributed by atoms with E-state index in [0.29, 0.717) is 37.8 Å². The monoisotopic (exact) mass is 356 g/mol. The summed E-state index contributed by atoms with van der Waals surface area (Å²) in [5.41, 5.74) is 1.44. The lowest BCUT2D eigenvalue weighted by molar-refractivity contribution is -0.137. The Hall–Kier alpha value is -2.41. The van der Waals surface area contributed by atoms with Gasteiger partial charge in [-0.3, -0.25) is 4.79 Å². The number of aromatic nitrogens is 2. The standard InChI is InChI=1S/C19H24N4O3/c1-14-20-17(26-21-14)11-19(25)8-4-9-23(13-19)18(24)12-22-10-7-15-5-2-3-6-16(15)22/h2-3,5-6,25H,4,7-13H2,1H3. The Morgan fingerprint density at radius 2 is 2.19 bits per heavy atom. The molecule has 1 N–H and O–H groups in total. The molecule has 0 radical (unpaired) electrons. The third kappa shape index (κ3) is 3.44. The molecule has 0 bridgehead atoms. The lowest BCUT2D eigenvalue weighted by Crippen LogP contribution is -2.53. The summed E-state index contributed by atoms with van der Waals surface area (Å²) < 4.78 is 5.14. The zero-order chi connectivity index (χ0) is 18.1. The quantitative estimate of drug-likeness (QED) is 0.890. The Morgan fingerprint density at radius 1 is 1.35 bits per heavy atom. The van der Waals surface area contributed by atoms with Crippen molar-refractivity contribution in [3.8, 4) is 0 Å². The highest BCUT2D eigenvalue weighted by Crippen LogP contribution is 2.28. The van der Waals surface area contributed by atoms with E-state index in [1.54, 1.807) is 11.8 Å². The van der Waals surface area contributed by atoms with E-state index >= 15 is 0 Å². The minimum absolute atomic E-state index is 0.0570. The highest BCUT2D eigenvalue weighted by Gasteiger charge is 2.37. The molecule has 0 saturated carbocycles. The van der Waals surface area contributed by atoms with Crippen LogP contribution in [0.15, 0.2) is 28.8 Å². The lowest BCUT2D eigenvalue weighted by atomic mass is 9.89. The van der Waals surface area contributed by atoms with E-state index in [1.165, 1.54) is 5.56 Å². The van der Waals surface area contributed by atoms with Gasteiger partial charge in [0.15, 0.2) is 5.82 Å². The van der Waals surface area contributed by atoms with Crippen LogP contribution in [-0.2, 0) is 17.6 Å². The molecule has 2 aliphatic heterocycles. The fraction of sp³-hybridized carbons (Fsp3) is 0.526. The maximum Gasteiger partial charge on any atom is 0.242 e. The normalized spacial score (nSPS) is 22.5. The highest BCUT2D eigenvalue weighted by atomic mass is 16.5. The smallest absolute Gasteiger partial charge is 0.242 e. The van der Waals surface area contributed by atoms with Gasteiger partial charge in [-0.15, -0.1) is 0 Å². The summed E-state index contributed by atoms with van der Waals surface area (Å²) in [5.74, 6) is 1.04. The molecule has 0 aliphatic carbocycles. The van der Waals surface area contributed by atoms with Crippen LogP contribution in [0.5, 0.6) is 0 Å². The molecular weight excluding hydrogens is 332 g/mol. The van der Waals surface area contributed by atoms with Crippen molar-refractivity contribution in [3.63, 3.8) is 0 Å². The summed E-state index contributed by atoms with van der Waals surface area (Å²) in [7, 11) is 0. The summed E-state index contributed by atoms with van der Waals surface area (Å²) in [5, 5.41) is 14.7. The number of fused-ring (bicyclic) bond motifs is 1. The van der Waals surface area contributed by atoms with Gasteiger partial charge in [0.05, 0.1) is 18.6 Å². The van der Waals surface area contributed by atoms with Crippen LogP contribution in [-0.4, -0.2) is 57.8 Å². The fourth-order valence-corrected chi connectivity index (χ4v) is 4.00. The van der Waals surface area contributed by atoms with E-state index in [9.17, 15) is 9.90 Å². The molecular formula is C19H24N4O3. The summed E-state index contributed by atoms with van der Waals surface area (Å²) in [6.07, 6.45) is 2.66. The third-order valence-corrected chi connectivity index (χ3v) is 5.27. The second-order valence-corrected chi connectivity index (χ2v) is 7.36. The number of benzene rings is 1. The molecule has 0 spiro atoms. The van der Waals surface area contributed by atoms with Gasteiger partial charge >= 0.3 is 0 Å². The van der Waals surface area contributed by atoms with Gasteiger partial charge in [-0.1, -0.05) is 23.4 Å². The molecule has 3 heterocycles. The molecule has 2 aliphatic rings. The Bertz CT molecular complexity index is 806. The van der Waals surface area contributed by atoms with Crippen molar-refractivity contribution < 1.29 is 14.4 Å². The molecule has 1 amide bonds. The van der Waals surface area contributed by atoms with Crippen LogP contribution in [0.3, 0.4) is 0 Å². The van der Waals surface area contributed by atoms with Crippen molar-refractivity contribution in [2.75, 3.05) is 31.1 Å². The minimum atomic E-state index is -1.00. The molecule has 7 nitrogen and oxygen atoms in total. The number of hydrogen-bond acceptors (Lipinski definition) is 6. The first-order valence-electron chi connectivity index (χ1n) is 9.15. The van der Waals surface area contributed by atoms with E-state index in [2.05, 4.69) is 27.2 Å². The van der Waals surface area contributed by atoms with Gasteiger partial charge in [-0.25, -0.2) is 0 Å². The molecule has 1 aromatic carbocycles. The number of hydrogen-bond donors (Lipinski definition) is 1. The van der Waals surface area contributed by atoms with Crippen molar-refractivity contribution >= 4 is 11.6 Å². The number of β-amino-alcohol motifs (C(OH)–C–C–N with tert-alkyl or cyclic N) is 1. The molecule has 1 atom stereocenters. The number of nitrogens with zero attached hydrogens (tertiary/aromatic N) is 4. The number of aliphatic hydroxyl groups is 1. The van der Waals surface area contributed by atoms with Gasteiger partial charge in [-0.2, -0.15) is 4.98 Å². The first kappa shape index (κ1) is 17.0. The first-order valence-corrected chi connectivity index (χ1v) is 9.15. The maximum atomic E-state index is 12.8. The molecule has 138 valence electrons. The molecule has 2 aromatic rings. The van der Waals surface area contributed by atoms with Crippen LogP contribution in [0, 0.1) is 6.92 Å². The van der Waals surface area contributed by atoms with Gasteiger partial charge in [0.25, 0.3) is 0 Å². The topological polar surface area (TPSA) is 82.7 Å². The number of aryl methyl sites for hydroxylation is 1. The molecule has 4 rings (SSSR count). The molecule has 1 fully saturated rings. The van der Waals surface area contributed by atoms with Crippen molar-refractivity contribution in [1.82, 2.24) is 15.0 Å². The lowest BCUT2D eigenvalue weighted by Gasteiger charge is -2.39. The Morgan fingerprint density at radius 3 is 3.00 bits per heavy atom. The largest absolute Gasteiger partial charge is 0.388 e. The molecule has 7 heteroatoms. The summed E-state index contributed by atoms with van der Waals surface area (Å²) in [6, 6.07) is 8.23. The van der Waals surface area contributed by atoms with Crippen LogP contribution in [0.2, 0.25) is 0 Å². The highest BCUT2D eigenvalue weighted by molar-refractivity contribution is 5.82. The predicted octanol–water partition coefficient (Wildman–Crippen LogP) is 1.34. The van der Waals surface area contributed by atoms with Gasteiger partial charge in [0.1, 0.15) is 0 Å². The Labute approximate surface area is 152 Å². The predicted molar refractivity (Wildman–Crippen MR) is 95.9 cm³/mol. The van der Waals surface area contributed by atoms with Gasteiger partial charge in [0, 0.05) is 25.3 Å². The number of piperidine rings is 1. The second kappa shape index (κ2) is 6.72. The average Bonchev–Trinajstić information content (AvgIpc) is 3.21. The number of anilines is 1. The van der Waals surface area contributed by atoms with E-state index < -0.39 is 5.60 Å². The van der Waals surface area contributed by atoms with Crippen molar-refractivity contribution in [1.29, 1.82) is 0 Å². The van der Waals surface area contributed by atoms with Gasteiger partial charge < -0.3 is 19.4 Å². The number of carbonyl (C=O) groups is 1. The number of carbonyl (C=O) groups excluding carboxylic acids is 1. The number of amides is 1. The summed E-state index contributed by atoms with van der Waals surface area (Å²) in [6.45, 7) is 3.96. The number of rotatable bonds is 4. The summed E-state index contributed by atoms with van der Waals surface area (Å²) in [4.78, 5) is 20.9. The van der Waals surface area contributed by atoms with E-state index in [-0.39, 0.29) is 12.3 Å².